The quantitative estimate of drug-likeness (QED) is 0.495. The van der Waals surface area contributed by atoms with Crippen molar-refractivity contribution in [1.29, 1.82) is 0 Å². The first-order chi connectivity index (χ1) is 9.58. The highest BCUT2D eigenvalue weighted by Crippen LogP contribution is 2.12. The van der Waals surface area contributed by atoms with Crippen LogP contribution < -0.4 is 11.3 Å². The monoisotopic (exact) mass is 273 g/mol. The van der Waals surface area contributed by atoms with Crippen LogP contribution in [0.25, 0.3) is 0 Å². The SMILES string of the molecule is Cc1ccc(CN(C)Cc2ccc(C(=O)NN)cc2)o1. The van der Waals surface area contributed by atoms with Crippen molar-refractivity contribution >= 4 is 5.91 Å². The van der Waals surface area contributed by atoms with Gasteiger partial charge in [-0.1, -0.05) is 12.1 Å². The van der Waals surface area contributed by atoms with Crippen molar-refractivity contribution in [2.75, 3.05) is 7.05 Å². The van der Waals surface area contributed by atoms with Crippen LogP contribution in [-0.2, 0) is 13.1 Å². The Balaban J connectivity index is 1.94. The van der Waals surface area contributed by atoms with Gasteiger partial charge in [0, 0.05) is 12.1 Å². The minimum Gasteiger partial charge on any atom is -0.465 e. The molecule has 5 heteroatoms. The molecule has 0 aliphatic rings. The first kappa shape index (κ1) is 14.3. The molecule has 2 rings (SSSR count). The number of benzene rings is 1. The number of furan rings is 1. The van der Waals surface area contributed by atoms with Crippen LogP contribution in [0.1, 0.15) is 27.4 Å². The van der Waals surface area contributed by atoms with Gasteiger partial charge in [0.25, 0.3) is 5.91 Å². The first-order valence-corrected chi connectivity index (χ1v) is 6.42. The summed E-state index contributed by atoms with van der Waals surface area (Å²) in [7, 11) is 2.03. The Morgan fingerprint density at radius 3 is 2.45 bits per heavy atom. The van der Waals surface area contributed by atoms with Crippen LogP contribution in [-0.4, -0.2) is 17.9 Å². The number of hydrogen-bond acceptors (Lipinski definition) is 4. The number of aryl methyl sites for hydroxylation is 1. The summed E-state index contributed by atoms with van der Waals surface area (Å²) < 4.78 is 5.55. The molecular weight excluding hydrogens is 254 g/mol. The standard InChI is InChI=1S/C15H19N3O2/c1-11-3-8-14(20-11)10-18(2)9-12-4-6-13(7-5-12)15(19)17-16/h3-8H,9-10,16H2,1-2H3,(H,17,19). The molecular formula is C15H19N3O2. The van der Waals surface area contributed by atoms with Crippen molar-refractivity contribution in [2.24, 2.45) is 5.84 Å². The van der Waals surface area contributed by atoms with Crippen LogP contribution in [0.4, 0.5) is 0 Å². The molecule has 3 N–H and O–H groups in total. The number of hydrogen-bond donors (Lipinski definition) is 2. The lowest BCUT2D eigenvalue weighted by Gasteiger charge is -2.15. The van der Waals surface area contributed by atoms with Gasteiger partial charge in [0.05, 0.1) is 6.54 Å². The topological polar surface area (TPSA) is 71.5 Å². The van der Waals surface area contributed by atoms with E-state index in [-0.39, 0.29) is 5.91 Å². The summed E-state index contributed by atoms with van der Waals surface area (Å²) in [6, 6.07) is 11.3. The fourth-order valence-corrected chi connectivity index (χ4v) is 2.05. The summed E-state index contributed by atoms with van der Waals surface area (Å²) in [4.78, 5) is 13.5. The molecule has 1 aromatic heterocycles. The molecule has 0 atom stereocenters. The summed E-state index contributed by atoms with van der Waals surface area (Å²) in [5.74, 6) is 6.68. The van der Waals surface area contributed by atoms with E-state index in [2.05, 4.69) is 10.3 Å². The van der Waals surface area contributed by atoms with E-state index in [1.807, 2.05) is 38.2 Å². The third kappa shape index (κ3) is 3.69. The van der Waals surface area contributed by atoms with Gasteiger partial charge in [-0.2, -0.15) is 0 Å². The maximum Gasteiger partial charge on any atom is 0.265 e. The lowest BCUT2D eigenvalue weighted by Crippen LogP contribution is -2.29. The molecule has 0 fully saturated rings. The van der Waals surface area contributed by atoms with Crippen molar-refractivity contribution in [3.05, 3.63) is 59.0 Å². The molecule has 0 spiro atoms. The highest BCUT2D eigenvalue weighted by molar-refractivity contribution is 5.93. The Morgan fingerprint density at radius 2 is 1.90 bits per heavy atom. The van der Waals surface area contributed by atoms with E-state index >= 15 is 0 Å². The van der Waals surface area contributed by atoms with Crippen molar-refractivity contribution in [3.63, 3.8) is 0 Å². The molecule has 0 saturated carbocycles. The number of nitrogens with two attached hydrogens (primary N) is 1. The molecule has 0 saturated heterocycles. The van der Waals surface area contributed by atoms with Gasteiger partial charge in [0.15, 0.2) is 0 Å². The molecule has 0 unspecified atom stereocenters. The maximum absolute atomic E-state index is 11.3. The predicted molar refractivity (Wildman–Crippen MR) is 76.7 cm³/mol. The lowest BCUT2D eigenvalue weighted by atomic mass is 10.1. The molecule has 1 heterocycles. The number of nitrogens with zero attached hydrogens (tertiary/aromatic N) is 1. The van der Waals surface area contributed by atoms with Crippen molar-refractivity contribution in [2.45, 2.75) is 20.0 Å². The molecule has 1 aromatic carbocycles. The number of hydrazine groups is 1. The minimum absolute atomic E-state index is 0.282. The molecule has 0 aliphatic carbocycles. The third-order valence-corrected chi connectivity index (χ3v) is 3.02. The molecule has 5 nitrogen and oxygen atoms in total. The maximum atomic E-state index is 11.3. The number of amides is 1. The van der Waals surface area contributed by atoms with Gasteiger partial charge in [0.2, 0.25) is 0 Å². The Labute approximate surface area is 118 Å². The second-order valence-electron chi connectivity index (χ2n) is 4.86. The molecule has 0 aliphatic heterocycles. The molecule has 0 radical (unpaired) electrons. The van der Waals surface area contributed by atoms with Gasteiger partial charge < -0.3 is 4.42 Å². The number of nitrogen functional groups attached to an aromatic ring is 1. The van der Waals surface area contributed by atoms with E-state index in [1.54, 1.807) is 12.1 Å². The van der Waals surface area contributed by atoms with Crippen LogP contribution in [0.5, 0.6) is 0 Å². The minimum atomic E-state index is -0.282. The predicted octanol–water partition coefficient (Wildman–Crippen LogP) is 1.82. The van der Waals surface area contributed by atoms with Gasteiger partial charge in [-0.3, -0.25) is 15.1 Å². The zero-order chi connectivity index (χ0) is 14.5. The zero-order valence-corrected chi connectivity index (χ0v) is 11.7. The summed E-state index contributed by atoms with van der Waals surface area (Å²) in [6.07, 6.45) is 0. The van der Waals surface area contributed by atoms with Gasteiger partial charge in [-0.25, -0.2) is 5.84 Å². The van der Waals surface area contributed by atoms with Crippen molar-refractivity contribution in [3.8, 4) is 0 Å². The largest absolute Gasteiger partial charge is 0.465 e. The molecule has 0 bridgehead atoms. The van der Waals surface area contributed by atoms with Crippen LogP contribution in [0.15, 0.2) is 40.8 Å². The van der Waals surface area contributed by atoms with Gasteiger partial charge >= 0.3 is 0 Å². The summed E-state index contributed by atoms with van der Waals surface area (Å²) in [6.45, 7) is 3.47. The summed E-state index contributed by atoms with van der Waals surface area (Å²) in [5.41, 5.74) is 3.80. The summed E-state index contributed by atoms with van der Waals surface area (Å²) in [5, 5.41) is 0. The number of rotatable bonds is 5. The highest BCUT2D eigenvalue weighted by Gasteiger charge is 2.06. The van der Waals surface area contributed by atoms with E-state index in [9.17, 15) is 4.79 Å². The molecule has 2 aromatic rings. The average molecular weight is 273 g/mol. The van der Waals surface area contributed by atoms with Crippen LogP contribution in [0.3, 0.4) is 0 Å². The van der Waals surface area contributed by atoms with E-state index in [1.165, 1.54) is 0 Å². The molecule has 106 valence electrons. The number of nitrogens with one attached hydrogen (secondary N) is 1. The Kier molecular flexibility index (Phi) is 4.55. The Hall–Kier alpha value is -2.11. The normalized spacial score (nSPS) is 10.8. The average Bonchev–Trinajstić information content (AvgIpc) is 2.84. The van der Waals surface area contributed by atoms with Crippen LogP contribution >= 0.6 is 0 Å². The van der Waals surface area contributed by atoms with Gasteiger partial charge in [-0.05, 0) is 43.8 Å². The third-order valence-electron chi connectivity index (χ3n) is 3.02. The van der Waals surface area contributed by atoms with Crippen LogP contribution in [0.2, 0.25) is 0 Å². The molecule has 20 heavy (non-hydrogen) atoms. The van der Waals surface area contributed by atoms with E-state index in [4.69, 9.17) is 10.3 Å². The van der Waals surface area contributed by atoms with Gasteiger partial charge in [-0.15, -0.1) is 0 Å². The smallest absolute Gasteiger partial charge is 0.265 e. The second kappa shape index (κ2) is 6.36. The number of carbonyl (C=O) groups is 1. The van der Waals surface area contributed by atoms with E-state index in [0.717, 1.165) is 30.2 Å². The first-order valence-electron chi connectivity index (χ1n) is 6.42. The lowest BCUT2D eigenvalue weighted by molar-refractivity contribution is 0.0953. The van der Waals surface area contributed by atoms with Crippen molar-refractivity contribution in [1.82, 2.24) is 10.3 Å². The van der Waals surface area contributed by atoms with E-state index < -0.39 is 0 Å². The summed E-state index contributed by atoms with van der Waals surface area (Å²) >= 11 is 0. The Morgan fingerprint density at radius 1 is 1.20 bits per heavy atom. The zero-order valence-electron chi connectivity index (χ0n) is 11.7. The van der Waals surface area contributed by atoms with Crippen LogP contribution in [0, 0.1) is 6.92 Å². The van der Waals surface area contributed by atoms with E-state index in [0.29, 0.717) is 5.56 Å². The Bertz CT molecular complexity index is 575. The fourth-order valence-electron chi connectivity index (χ4n) is 2.05. The fraction of sp³-hybridized carbons (Fsp3) is 0.267. The second-order valence-corrected chi connectivity index (χ2v) is 4.86. The number of carbonyl (C=O) groups excluding carboxylic acids is 1. The molecule has 1 amide bonds. The van der Waals surface area contributed by atoms with Crippen molar-refractivity contribution < 1.29 is 9.21 Å². The highest BCUT2D eigenvalue weighted by atomic mass is 16.3. The van der Waals surface area contributed by atoms with Gasteiger partial charge in [0.1, 0.15) is 11.5 Å².